The molecular formula is C9H16FNO. The van der Waals surface area contributed by atoms with E-state index in [9.17, 15) is 9.18 Å². The van der Waals surface area contributed by atoms with Gasteiger partial charge in [0, 0.05) is 5.54 Å². The Morgan fingerprint density at radius 3 is 2.33 bits per heavy atom. The van der Waals surface area contributed by atoms with Crippen molar-refractivity contribution in [2.24, 2.45) is 5.41 Å². The van der Waals surface area contributed by atoms with Crippen molar-refractivity contribution in [3.63, 3.8) is 0 Å². The Kier molecular flexibility index (Phi) is 1.93. The molecule has 3 heteroatoms. The van der Waals surface area contributed by atoms with Crippen LogP contribution in [-0.2, 0) is 4.79 Å². The predicted octanol–water partition coefficient (Wildman–Crippen LogP) is 1.65. The number of amides is 1. The van der Waals surface area contributed by atoms with E-state index in [1.165, 1.54) is 0 Å². The zero-order valence-corrected chi connectivity index (χ0v) is 8.07. The highest BCUT2D eigenvalue weighted by molar-refractivity contribution is 5.82. The van der Waals surface area contributed by atoms with Gasteiger partial charge in [-0.15, -0.1) is 0 Å². The van der Waals surface area contributed by atoms with Crippen molar-refractivity contribution in [1.82, 2.24) is 5.32 Å². The molecule has 0 aromatic heterocycles. The topological polar surface area (TPSA) is 29.1 Å². The first-order valence-electron chi connectivity index (χ1n) is 4.22. The van der Waals surface area contributed by atoms with Crippen molar-refractivity contribution in [2.45, 2.75) is 45.8 Å². The highest BCUT2D eigenvalue weighted by Gasteiger charge is 2.46. The number of carbonyl (C=O) groups excluding carboxylic acids is 1. The molecule has 2 nitrogen and oxygen atoms in total. The zero-order valence-electron chi connectivity index (χ0n) is 8.07. The van der Waals surface area contributed by atoms with Crippen LogP contribution in [0, 0.1) is 5.41 Å². The van der Waals surface area contributed by atoms with Crippen LogP contribution in [0.4, 0.5) is 4.39 Å². The van der Waals surface area contributed by atoms with Gasteiger partial charge in [-0.3, -0.25) is 4.79 Å². The summed E-state index contributed by atoms with van der Waals surface area (Å²) in [6, 6.07) is 0. The molecule has 1 aliphatic rings. The Morgan fingerprint density at radius 1 is 1.42 bits per heavy atom. The minimum Gasteiger partial charge on any atom is -0.348 e. The van der Waals surface area contributed by atoms with E-state index in [4.69, 9.17) is 0 Å². The molecule has 0 saturated carbocycles. The van der Waals surface area contributed by atoms with Crippen molar-refractivity contribution < 1.29 is 9.18 Å². The molecule has 1 amide bonds. The minimum absolute atomic E-state index is 0.180. The fraction of sp³-hybridized carbons (Fsp3) is 0.889. The van der Waals surface area contributed by atoms with Crippen LogP contribution < -0.4 is 5.32 Å². The van der Waals surface area contributed by atoms with Gasteiger partial charge >= 0.3 is 0 Å². The average molecular weight is 173 g/mol. The first-order valence-corrected chi connectivity index (χ1v) is 4.22. The summed E-state index contributed by atoms with van der Waals surface area (Å²) in [6.45, 7) is 7.80. The number of rotatable bonds is 0. The third kappa shape index (κ3) is 1.32. The van der Waals surface area contributed by atoms with Crippen LogP contribution in [0.5, 0.6) is 0 Å². The van der Waals surface area contributed by atoms with Crippen molar-refractivity contribution in [3.05, 3.63) is 0 Å². The molecule has 0 aliphatic carbocycles. The van der Waals surface area contributed by atoms with Crippen LogP contribution in [0.1, 0.15) is 34.1 Å². The summed E-state index contributed by atoms with van der Waals surface area (Å²) in [5.74, 6) is -0.473. The zero-order chi connectivity index (χ0) is 9.57. The lowest BCUT2D eigenvalue weighted by atomic mass is 9.68. The van der Waals surface area contributed by atoms with Crippen molar-refractivity contribution in [2.75, 3.05) is 0 Å². The number of halogens is 1. The second-order valence-corrected chi connectivity index (χ2v) is 4.67. The number of alkyl halides is 1. The first-order chi connectivity index (χ1) is 5.26. The van der Waals surface area contributed by atoms with E-state index in [1.807, 2.05) is 27.7 Å². The van der Waals surface area contributed by atoms with Gasteiger partial charge in [0.05, 0.1) is 0 Å². The van der Waals surface area contributed by atoms with Gasteiger partial charge in [-0.2, -0.15) is 0 Å². The quantitative estimate of drug-likeness (QED) is 0.593. The summed E-state index contributed by atoms with van der Waals surface area (Å²) in [7, 11) is 0. The Morgan fingerprint density at radius 2 is 1.92 bits per heavy atom. The van der Waals surface area contributed by atoms with Crippen LogP contribution >= 0.6 is 0 Å². The summed E-state index contributed by atoms with van der Waals surface area (Å²) in [4.78, 5) is 11.0. The van der Waals surface area contributed by atoms with Gasteiger partial charge in [0.15, 0.2) is 6.17 Å². The SMILES string of the molecule is CC1(C)CC(F)C(=O)NC1(C)C. The summed E-state index contributed by atoms with van der Waals surface area (Å²) >= 11 is 0. The Labute approximate surface area is 72.5 Å². The number of hydrogen-bond acceptors (Lipinski definition) is 1. The van der Waals surface area contributed by atoms with Crippen LogP contribution in [0.3, 0.4) is 0 Å². The molecule has 1 heterocycles. The standard InChI is InChI=1S/C9H16FNO/c1-8(2)5-6(10)7(12)11-9(8,3)4/h6H,5H2,1-4H3,(H,11,12). The number of piperidine rings is 1. The van der Waals surface area contributed by atoms with Gasteiger partial charge in [-0.25, -0.2) is 4.39 Å². The number of nitrogens with one attached hydrogen (secondary N) is 1. The number of hydrogen-bond donors (Lipinski definition) is 1. The predicted molar refractivity (Wildman–Crippen MR) is 45.5 cm³/mol. The molecule has 0 radical (unpaired) electrons. The number of carbonyl (C=O) groups is 1. The highest BCUT2D eigenvalue weighted by atomic mass is 19.1. The summed E-state index contributed by atoms with van der Waals surface area (Å²) in [5, 5.41) is 2.68. The van der Waals surface area contributed by atoms with Crippen molar-refractivity contribution >= 4 is 5.91 Å². The molecule has 0 spiro atoms. The van der Waals surface area contributed by atoms with E-state index in [0.29, 0.717) is 6.42 Å². The highest BCUT2D eigenvalue weighted by Crippen LogP contribution is 2.39. The van der Waals surface area contributed by atoms with Crippen LogP contribution in [0.2, 0.25) is 0 Å². The van der Waals surface area contributed by atoms with Crippen LogP contribution in [0.15, 0.2) is 0 Å². The molecule has 1 aliphatic heterocycles. The van der Waals surface area contributed by atoms with Crippen molar-refractivity contribution in [3.8, 4) is 0 Å². The lowest BCUT2D eigenvalue weighted by Crippen LogP contribution is -2.61. The van der Waals surface area contributed by atoms with E-state index in [-0.39, 0.29) is 11.0 Å². The van der Waals surface area contributed by atoms with Gasteiger partial charge in [0.2, 0.25) is 0 Å². The fourth-order valence-electron chi connectivity index (χ4n) is 1.35. The molecule has 0 bridgehead atoms. The molecular weight excluding hydrogens is 157 g/mol. The molecule has 1 rings (SSSR count). The largest absolute Gasteiger partial charge is 0.348 e. The monoisotopic (exact) mass is 173 g/mol. The summed E-state index contributed by atoms with van der Waals surface area (Å²) in [5.41, 5.74) is -0.493. The molecule has 70 valence electrons. The van der Waals surface area contributed by atoms with Gasteiger partial charge in [0.1, 0.15) is 0 Å². The van der Waals surface area contributed by atoms with Gasteiger partial charge in [-0.1, -0.05) is 13.8 Å². The van der Waals surface area contributed by atoms with E-state index in [1.54, 1.807) is 0 Å². The van der Waals surface area contributed by atoms with Crippen molar-refractivity contribution in [1.29, 1.82) is 0 Å². The maximum absolute atomic E-state index is 13.0. The third-order valence-electron chi connectivity index (χ3n) is 3.10. The average Bonchev–Trinajstić information content (AvgIpc) is 1.82. The Balaban J connectivity index is 2.88. The Hall–Kier alpha value is -0.600. The lowest BCUT2D eigenvalue weighted by molar-refractivity contribution is -0.135. The second-order valence-electron chi connectivity index (χ2n) is 4.67. The fourth-order valence-corrected chi connectivity index (χ4v) is 1.35. The third-order valence-corrected chi connectivity index (χ3v) is 3.10. The molecule has 1 atom stereocenters. The normalized spacial score (nSPS) is 32.8. The molecule has 0 aromatic rings. The van der Waals surface area contributed by atoms with E-state index in [0.717, 1.165) is 0 Å². The maximum atomic E-state index is 13.0. The minimum atomic E-state index is -1.34. The van der Waals surface area contributed by atoms with E-state index in [2.05, 4.69) is 5.32 Å². The molecule has 12 heavy (non-hydrogen) atoms. The molecule has 1 unspecified atom stereocenters. The molecule has 1 N–H and O–H groups in total. The van der Waals surface area contributed by atoms with E-state index < -0.39 is 12.1 Å². The second kappa shape index (κ2) is 2.44. The van der Waals surface area contributed by atoms with Gasteiger partial charge < -0.3 is 5.32 Å². The van der Waals surface area contributed by atoms with Crippen LogP contribution in [-0.4, -0.2) is 17.6 Å². The van der Waals surface area contributed by atoms with Crippen LogP contribution in [0.25, 0.3) is 0 Å². The van der Waals surface area contributed by atoms with Gasteiger partial charge in [0.25, 0.3) is 5.91 Å². The summed E-state index contributed by atoms with van der Waals surface area (Å²) < 4.78 is 13.0. The van der Waals surface area contributed by atoms with Gasteiger partial charge in [-0.05, 0) is 25.7 Å². The molecule has 1 fully saturated rings. The lowest BCUT2D eigenvalue weighted by Gasteiger charge is -2.46. The maximum Gasteiger partial charge on any atom is 0.254 e. The Bertz CT molecular complexity index is 211. The first kappa shape index (κ1) is 9.49. The molecule has 1 saturated heterocycles. The summed E-state index contributed by atoms with van der Waals surface area (Å²) in [6.07, 6.45) is -1.03. The van der Waals surface area contributed by atoms with E-state index >= 15 is 0 Å². The smallest absolute Gasteiger partial charge is 0.254 e. The molecule has 0 aromatic carbocycles.